The maximum atomic E-state index is 13.9. The summed E-state index contributed by atoms with van der Waals surface area (Å²) in [7, 11) is 1.86. The van der Waals surface area contributed by atoms with Crippen molar-refractivity contribution in [2.45, 2.75) is 24.3 Å². The molecule has 0 amide bonds. The van der Waals surface area contributed by atoms with Gasteiger partial charge < -0.3 is 10.2 Å². The van der Waals surface area contributed by atoms with Crippen LogP contribution < -0.4 is 5.32 Å². The molecule has 0 saturated carbocycles. The van der Waals surface area contributed by atoms with Crippen molar-refractivity contribution in [2.24, 2.45) is 4.99 Å². The monoisotopic (exact) mass is 385 g/mol. The van der Waals surface area contributed by atoms with E-state index in [0.717, 1.165) is 12.1 Å². The second-order valence-electron chi connectivity index (χ2n) is 5.61. The zero-order chi connectivity index (χ0) is 19.3. The molecule has 0 aliphatic carbocycles. The molecule has 1 N–H and O–H groups in total. The average Bonchev–Trinajstić information content (AvgIpc) is 2.56. The molecule has 0 fully saturated rings. The minimum Gasteiger partial charge on any atom is -0.366 e. The van der Waals surface area contributed by atoms with Gasteiger partial charge in [0.15, 0.2) is 0 Å². The highest BCUT2D eigenvalue weighted by Crippen LogP contribution is 2.37. The minimum absolute atomic E-state index is 0.0897. The van der Waals surface area contributed by atoms with Gasteiger partial charge in [0.2, 0.25) is 0 Å². The van der Waals surface area contributed by atoms with Crippen LogP contribution in [0.4, 0.5) is 34.6 Å². The molecular formula is C18H19F4N3S. The van der Waals surface area contributed by atoms with Crippen LogP contribution in [0.2, 0.25) is 0 Å². The van der Waals surface area contributed by atoms with Gasteiger partial charge in [0, 0.05) is 29.9 Å². The third-order valence-electron chi connectivity index (χ3n) is 3.60. The number of hydrogen-bond acceptors (Lipinski definition) is 3. The molecule has 0 aromatic heterocycles. The van der Waals surface area contributed by atoms with E-state index in [1.54, 1.807) is 13.3 Å². The first-order chi connectivity index (χ1) is 12.2. The van der Waals surface area contributed by atoms with E-state index in [4.69, 9.17) is 0 Å². The van der Waals surface area contributed by atoms with Crippen molar-refractivity contribution in [2.75, 3.05) is 18.9 Å². The van der Waals surface area contributed by atoms with Gasteiger partial charge >= 0.3 is 5.51 Å². The van der Waals surface area contributed by atoms with Gasteiger partial charge in [-0.2, -0.15) is 13.2 Å². The molecule has 140 valence electrons. The number of aliphatic imine (C=N–C) groups is 1. The van der Waals surface area contributed by atoms with Gasteiger partial charge in [-0.1, -0.05) is 0 Å². The Hall–Kier alpha value is -2.22. The predicted molar refractivity (Wildman–Crippen MR) is 99.2 cm³/mol. The number of hydrogen-bond donors (Lipinski definition) is 1. The summed E-state index contributed by atoms with van der Waals surface area (Å²) in [5.74, 6) is -0.450. The highest BCUT2D eigenvalue weighted by atomic mass is 32.2. The smallest absolute Gasteiger partial charge is 0.366 e. The Morgan fingerprint density at radius 3 is 2.42 bits per heavy atom. The summed E-state index contributed by atoms with van der Waals surface area (Å²) in [4.78, 5) is 6.23. The van der Waals surface area contributed by atoms with E-state index in [1.165, 1.54) is 36.4 Å². The van der Waals surface area contributed by atoms with Crippen molar-refractivity contribution >= 4 is 35.2 Å². The number of rotatable bonds is 6. The van der Waals surface area contributed by atoms with Gasteiger partial charge in [-0.25, -0.2) is 9.38 Å². The van der Waals surface area contributed by atoms with Crippen molar-refractivity contribution in [3.8, 4) is 0 Å². The molecule has 0 heterocycles. The van der Waals surface area contributed by atoms with Gasteiger partial charge in [-0.05, 0) is 67.6 Å². The zero-order valence-electron chi connectivity index (χ0n) is 14.6. The molecule has 2 aromatic carbocycles. The fourth-order valence-electron chi connectivity index (χ4n) is 2.07. The lowest BCUT2D eigenvalue weighted by Gasteiger charge is -2.14. The fraction of sp³-hybridized carbons (Fsp3) is 0.278. The van der Waals surface area contributed by atoms with Crippen molar-refractivity contribution in [1.82, 2.24) is 4.90 Å². The number of nitrogens with zero attached hydrogens (tertiary/aromatic N) is 2. The third-order valence-corrected chi connectivity index (χ3v) is 4.34. The van der Waals surface area contributed by atoms with E-state index in [1.807, 2.05) is 18.9 Å². The molecule has 26 heavy (non-hydrogen) atoms. The summed E-state index contributed by atoms with van der Waals surface area (Å²) in [5, 5.41) is 3.03. The van der Waals surface area contributed by atoms with Crippen molar-refractivity contribution in [1.29, 1.82) is 0 Å². The van der Waals surface area contributed by atoms with E-state index in [-0.39, 0.29) is 16.7 Å². The lowest BCUT2D eigenvalue weighted by Crippen LogP contribution is -2.14. The molecule has 3 nitrogen and oxygen atoms in total. The van der Waals surface area contributed by atoms with Gasteiger partial charge in [-0.3, -0.25) is 0 Å². The number of alkyl halides is 3. The van der Waals surface area contributed by atoms with E-state index < -0.39 is 11.3 Å². The molecular weight excluding hydrogens is 366 g/mol. The number of benzene rings is 2. The summed E-state index contributed by atoms with van der Waals surface area (Å²) in [6.45, 7) is 4.54. The maximum Gasteiger partial charge on any atom is 0.446 e. The molecule has 8 heteroatoms. The summed E-state index contributed by atoms with van der Waals surface area (Å²) >= 11 is -0.176. The van der Waals surface area contributed by atoms with Crippen LogP contribution in [0.5, 0.6) is 0 Å². The number of thioether (sulfide) groups is 1. The van der Waals surface area contributed by atoms with Crippen LogP contribution in [-0.2, 0) is 0 Å². The van der Waals surface area contributed by atoms with Crippen LogP contribution in [0.25, 0.3) is 0 Å². The standard InChI is InChI=1S/C18H19F4N3S/c1-4-25(3)11-23-16-9-13(19)10-17(12(16)2)24-14-5-7-15(8-6-14)26-18(20,21)22/h5-11,24H,4H2,1-3H3/b23-11+. The summed E-state index contributed by atoms with van der Waals surface area (Å²) < 4.78 is 51.0. The molecule has 0 aliphatic heterocycles. The molecule has 0 atom stereocenters. The molecule has 0 spiro atoms. The Morgan fingerprint density at radius 1 is 1.19 bits per heavy atom. The highest BCUT2D eigenvalue weighted by molar-refractivity contribution is 8.00. The number of nitrogens with one attached hydrogen (secondary N) is 1. The Balaban J connectivity index is 2.21. The van der Waals surface area contributed by atoms with Crippen LogP contribution in [0.3, 0.4) is 0 Å². The van der Waals surface area contributed by atoms with Gasteiger partial charge in [-0.15, -0.1) is 0 Å². The molecule has 0 aliphatic rings. The van der Waals surface area contributed by atoms with Gasteiger partial charge in [0.25, 0.3) is 0 Å². The van der Waals surface area contributed by atoms with E-state index in [0.29, 0.717) is 17.1 Å². The van der Waals surface area contributed by atoms with Crippen LogP contribution in [0, 0.1) is 12.7 Å². The van der Waals surface area contributed by atoms with Crippen LogP contribution in [0.1, 0.15) is 12.5 Å². The first-order valence-corrected chi connectivity index (χ1v) is 8.67. The Morgan fingerprint density at radius 2 is 1.85 bits per heavy atom. The first-order valence-electron chi connectivity index (χ1n) is 7.85. The van der Waals surface area contributed by atoms with E-state index in [9.17, 15) is 17.6 Å². The zero-order valence-corrected chi connectivity index (χ0v) is 15.4. The maximum absolute atomic E-state index is 13.9. The van der Waals surface area contributed by atoms with Gasteiger partial charge in [0.1, 0.15) is 5.82 Å². The van der Waals surface area contributed by atoms with Crippen molar-refractivity contribution in [3.05, 3.63) is 47.8 Å². The van der Waals surface area contributed by atoms with Crippen molar-refractivity contribution in [3.63, 3.8) is 0 Å². The fourth-order valence-corrected chi connectivity index (χ4v) is 2.61. The van der Waals surface area contributed by atoms with E-state index >= 15 is 0 Å². The summed E-state index contributed by atoms with van der Waals surface area (Å²) in [6, 6.07) is 8.44. The Bertz CT molecular complexity index is 773. The SMILES string of the molecule is CCN(C)/C=N/c1cc(F)cc(Nc2ccc(SC(F)(F)F)cc2)c1C. The second-order valence-corrected chi connectivity index (χ2v) is 6.75. The quantitative estimate of drug-likeness (QED) is 0.282. The number of halogens is 4. The largest absolute Gasteiger partial charge is 0.446 e. The predicted octanol–water partition coefficient (Wildman–Crippen LogP) is 6.10. The second kappa shape index (κ2) is 8.44. The lowest BCUT2D eigenvalue weighted by atomic mass is 10.1. The van der Waals surface area contributed by atoms with Gasteiger partial charge in [0.05, 0.1) is 12.0 Å². The molecule has 2 rings (SSSR count). The van der Waals surface area contributed by atoms with Crippen LogP contribution in [0.15, 0.2) is 46.3 Å². The molecule has 0 radical (unpaired) electrons. The number of anilines is 2. The normalized spacial score (nSPS) is 11.8. The summed E-state index contributed by atoms with van der Waals surface area (Å²) in [5.41, 5.74) is -2.04. The lowest BCUT2D eigenvalue weighted by molar-refractivity contribution is -0.0328. The summed E-state index contributed by atoms with van der Waals surface area (Å²) in [6.07, 6.45) is 1.62. The highest BCUT2D eigenvalue weighted by Gasteiger charge is 2.29. The van der Waals surface area contributed by atoms with Crippen LogP contribution in [-0.4, -0.2) is 30.3 Å². The minimum atomic E-state index is -4.33. The molecule has 0 unspecified atom stereocenters. The Labute approximate surface area is 154 Å². The average molecular weight is 385 g/mol. The van der Waals surface area contributed by atoms with E-state index in [2.05, 4.69) is 10.3 Å². The molecule has 0 saturated heterocycles. The molecule has 0 bridgehead atoms. The first kappa shape index (κ1) is 20.1. The van der Waals surface area contributed by atoms with Crippen molar-refractivity contribution < 1.29 is 17.6 Å². The van der Waals surface area contributed by atoms with Crippen LogP contribution >= 0.6 is 11.8 Å². The Kier molecular flexibility index (Phi) is 6.52. The third kappa shape index (κ3) is 5.94. The topological polar surface area (TPSA) is 27.6 Å². The molecule has 2 aromatic rings.